The Bertz CT molecular complexity index is 732. The molecule has 1 spiro atoms. The lowest BCUT2D eigenvalue weighted by Crippen LogP contribution is -2.58. The van der Waals surface area contributed by atoms with Gasteiger partial charge in [-0.05, 0) is 23.3 Å². The van der Waals surface area contributed by atoms with Crippen LogP contribution in [0.1, 0.15) is 22.3 Å². The van der Waals surface area contributed by atoms with Crippen LogP contribution in [0.2, 0.25) is 0 Å². The second-order valence-corrected chi connectivity index (χ2v) is 5.58. The third-order valence-corrected chi connectivity index (χ3v) is 4.08. The Labute approximate surface area is 135 Å². The van der Waals surface area contributed by atoms with Gasteiger partial charge < -0.3 is 18.6 Å². The highest BCUT2D eigenvalue weighted by atomic mass is 16.9. The minimum absolute atomic E-state index is 0.378. The van der Waals surface area contributed by atoms with Crippen molar-refractivity contribution in [2.75, 3.05) is 0 Å². The van der Waals surface area contributed by atoms with Crippen LogP contribution in [-0.2, 0) is 22.5 Å². The van der Waals surface area contributed by atoms with E-state index in [1.54, 1.807) is 12.2 Å². The molecule has 0 saturated carbocycles. The predicted molar refractivity (Wildman–Crippen MR) is 89.7 cm³/mol. The van der Waals surface area contributed by atoms with Crippen molar-refractivity contribution in [3.63, 3.8) is 0 Å². The molecular formula is C18H16BO4-. The molecule has 0 atom stereocenters. The Hall–Kier alpha value is -2.50. The van der Waals surface area contributed by atoms with Gasteiger partial charge in [-0.2, -0.15) is 0 Å². The average molecular weight is 307 g/mol. The van der Waals surface area contributed by atoms with Crippen LogP contribution >= 0.6 is 0 Å². The molecule has 116 valence electrons. The maximum absolute atomic E-state index is 5.96. The molecule has 0 aromatic heterocycles. The van der Waals surface area contributed by atoms with Crippen molar-refractivity contribution in [1.82, 2.24) is 0 Å². The predicted octanol–water partition coefficient (Wildman–Crippen LogP) is 3.93. The molecule has 0 amide bonds. The normalized spacial score (nSPS) is 17.4. The van der Waals surface area contributed by atoms with E-state index in [9.17, 15) is 0 Å². The van der Waals surface area contributed by atoms with Gasteiger partial charge in [0.05, 0.1) is 11.5 Å². The third-order valence-electron chi connectivity index (χ3n) is 4.08. The highest BCUT2D eigenvalue weighted by Gasteiger charge is 2.43. The molecule has 0 unspecified atom stereocenters. The second-order valence-electron chi connectivity index (χ2n) is 5.58. The maximum Gasteiger partial charge on any atom is 0.652 e. The Kier molecular flexibility index (Phi) is 3.25. The number of hydrogen-bond acceptors (Lipinski definition) is 4. The van der Waals surface area contributed by atoms with Crippen molar-refractivity contribution >= 4 is 19.1 Å². The van der Waals surface area contributed by atoms with Gasteiger partial charge in [0.1, 0.15) is 0 Å². The first-order chi connectivity index (χ1) is 11.2. The summed E-state index contributed by atoms with van der Waals surface area (Å²) in [4.78, 5) is 0. The van der Waals surface area contributed by atoms with Crippen LogP contribution < -0.4 is 9.31 Å². The average Bonchev–Trinajstić information content (AvgIpc) is 2.60. The Morgan fingerprint density at radius 2 is 1.26 bits per heavy atom. The van der Waals surface area contributed by atoms with Gasteiger partial charge in [-0.1, -0.05) is 49.6 Å². The highest BCUT2D eigenvalue weighted by molar-refractivity contribution is 6.55. The van der Waals surface area contributed by atoms with Gasteiger partial charge in [-0.3, -0.25) is 0 Å². The van der Waals surface area contributed by atoms with Crippen LogP contribution in [0.3, 0.4) is 0 Å². The fraction of sp³-hybridized carbons (Fsp3) is 0.111. The molecule has 2 aromatic carbocycles. The van der Waals surface area contributed by atoms with Gasteiger partial charge in [-0.15, -0.1) is 0 Å². The first-order valence-corrected chi connectivity index (χ1v) is 7.51. The summed E-state index contributed by atoms with van der Waals surface area (Å²) < 4.78 is 23.5. The molecule has 2 aliphatic heterocycles. The zero-order valence-electron chi connectivity index (χ0n) is 12.7. The quantitative estimate of drug-likeness (QED) is 0.788. The molecule has 0 radical (unpaired) electrons. The SMILES string of the molecule is C=Cc1ccc2c(c1)O[B-]1(OC2)OCc2ccc(C=C)cc2O1. The molecule has 0 bridgehead atoms. The van der Waals surface area contributed by atoms with Crippen molar-refractivity contribution < 1.29 is 18.6 Å². The summed E-state index contributed by atoms with van der Waals surface area (Å²) in [6.45, 7) is 6.02. The van der Waals surface area contributed by atoms with Crippen molar-refractivity contribution in [2.45, 2.75) is 13.2 Å². The number of fused-ring (bicyclic) bond motifs is 2. The molecule has 0 saturated heterocycles. The van der Waals surface area contributed by atoms with Gasteiger partial charge in [0, 0.05) is 24.3 Å². The summed E-state index contributed by atoms with van der Waals surface area (Å²) in [7, 11) is 0. The van der Waals surface area contributed by atoms with Crippen molar-refractivity contribution in [3.05, 3.63) is 71.8 Å². The molecule has 2 heterocycles. The fourth-order valence-corrected chi connectivity index (χ4v) is 2.76. The topological polar surface area (TPSA) is 36.9 Å². The van der Waals surface area contributed by atoms with E-state index in [1.165, 1.54) is 0 Å². The summed E-state index contributed by atoms with van der Waals surface area (Å²) in [5.74, 6) is 1.41. The van der Waals surface area contributed by atoms with Gasteiger partial charge in [0.25, 0.3) is 0 Å². The second kappa shape index (κ2) is 5.30. The molecule has 2 aromatic rings. The molecule has 23 heavy (non-hydrogen) atoms. The van der Waals surface area contributed by atoms with E-state index in [-0.39, 0.29) is 0 Å². The number of hydrogen-bond donors (Lipinski definition) is 0. The van der Waals surface area contributed by atoms with Gasteiger partial charge in [0.15, 0.2) is 0 Å². The molecule has 0 fully saturated rings. The lowest BCUT2D eigenvalue weighted by Gasteiger charge is -2.47. The first-order valence-electron chi connectivity index (χ1n) is 7.51. The van der Waals surface area contributed by atoms with E-state index < -0.39 is 6.96 Å². The van der Waals surface area contributed by atoms with E-state index in [0.29, 0.717) is 24.7 Å². The largest absolute Gasteiger partial charge is 0.652 e. The summed E-state index contributed by atoms with van der Waals surface area (Å²) in [5.41, 5.74) is 3.87. The Balaban J connectivity index is 1.67. The van der Waals surface area contributed by atoms with E-state index in [4.69, 9.17) is 18.6 Å². The first kappa shape index (κ1) is 14.1. The third kappa shape index (κ3) is 2.44. The number of rotatable bonds is 2. The van der Waals surface area contributed by atoms with Crippen LogP contribution in [-0.4, -0.2) is 6.96 Å². The molecular weight excluding hydrogens is 291 g/mol. The molecule has 2 aliphatic rings. The van der Waals surface area contributed by atoms with Gasteiger partial charge in [0.2, 0.25) is 0 Å². The monoisotopic (exact) mass is 307 g/mol. The molecule has 0 aliphatic carbocycles. The summed E-state index contributed by atoms with van der Waals surface area (Å²) >= 11 is 0. The summed E-state index contributed by atoms with van der Waals surface area (Å²) in [6, 6.07) is 11.7. The van der Waals surface area contributed by atoms with E-state index in [2.05, 4.69) is 13.2 Å². The Morgan fingerprint density at radius 3 is 1.70 bits per heavy atom. The molecule has 4 nitrogen and oxygen atoms in total. The van der Waals surface area contributed by atoms with Gasteiger partial charge in [-0.25, -0.2) is 0 Å². The zero-order chi connectivity index (χ0) is 15.9. The van der Waals surface area contributed by atoms with Crippen LogP contribution in [0.25, 0.3) is 12.2 Å². The maximum atomic E-state index is 5.96. The van der Waals surface area contributed by atoms with Crippen LogP contribution in [0.15, 0.2) is 49.6 Å². The van der Waals surface area contributed by atoms with Crippen LogP contribution in [0.5, 0.6) is 11.5 Å². The lowest BCUT2D eigenvalue weighted by molar-refractivity contribution is 0.00536. The standard InChI is InChI=1S/C18H16BO4/c1-3-13-5-7-15-11-20-19(22-17(15)9-13)21-12-16-8-6-14(4-2)10-18(16)23-19/h3-10H,1-2,11-12H2/q-1. The van der Waals surface area contributed by atoms with E-state index in [0.717, 1.165) is 22.3 Å². The van der Waals surface area contributed by atoms with Gasteiger partial charge >= 0.3 is 6.96 Å². The molecule has 0 N–H and O–H groups in total. The summed E-state index contributed by atoms with van der Waals surface area (Å²) in [6.07, 6.45) is 3.54. The zero-order valence-corrected chi connectivity index (χ0v) is 12.7. The number of benzene rings is 2. The fourth-order valence-electron chi connectivity index (χ4n) is 2.76. The van der Waals surface area contributed by atoms with Crippen molar-refractivity contribution in [1.29, 1.82) is 0 Å². The van der Waals surface area contributed by atoms with Crippen LogP contribution in [0.4, 0.5) is 0 Å². The lowest BCUT2D eigenvalue weighted by atomic mass is 9.96. The van der Waals surface area contributed by atoms with E-state index >= 15 is 0 Å². The minimum Gasteiger partial charge on any atom is -0.634 e. The molecule has 4 rings (SSSR count). The smallest absolute Gasteiger partial charge is 0.634 e. The van der Waals surface area contributed by atoms with Crippen molar-refractivity contribution in [2.24, 2.45) is 0 Å². The highest BCUT2D eigenvalue weighted by Crippen LogP contribution is 2.37. The minimum atomic E-state index is -2.29. The Morgan fingerprint density at radius 1 is 0.783 bits per heavy atom. The van der Waals surface area contributed by atoms with Crippen molar-refractivity contribution in [3.8, 4) is 11.5 Å². The molecule has 5 heteroatoms. The summed E-state index contributed by atoms with van der Waals surface area (Å²) in [5, 5.41) is 0. The van der Waals surface area contributed by atoms with E-state index in [1.807, 2.05) is 36.4 Å². The van der Waals surface area contributed by atoms with Crippen LogP contribution in [0, 0.1) is 0 Å².